The van der Waals surface area contributed by atoms with Crippen LogP contribution in [-0.4, -0.2) is 20.9 Å². The first kappa shape index (κ1) is 15.4. The van der Waals surface area contributed by atoms with E-state index in [9.17, 15) is 4.79 Å². The maximum atomic E-state index is 12.2. The van der Waals surface area contributed by atoms with Crippen LogP contribution >= 0.6 is 23.2 Å². The minimum atomic E-state index is -0.346. The molecule has 0 aliphatic rings. The van der Waals surface area contributed by atoms with Gasteiger partial charge in [0.15, 0.2) is 0 Å². The summed E-state index contributed by atoms with van der Waals surface area (Å²) in [7, 11) is 0. The lowest BCUT2D eigenvalue weighted by atomic mass is 10.1. The molecule has 0 radical (unpaired) electrons. The summed E-state index contributed by atoms with van der Waals surface area (Å²) in [5.74, 6) is -0.346. The second-order valence-electron chi connectivity index (χ2n) is 4.64. The lowest BCUT2D eigenvalue weighted by molar-refractivity contribution is 0.102. The molecule has 1 N–H and O–H groups in total. The van der Waals surface area contributed by atoms with Crippen molar-refractivity contribution < 1.29 is 4.79 Å². The van der Waals surface area contributed by atoms with Crippen LogP contribution in [0.25, 0.3) is 11.1 Å². The highest BCUT2D eigenvalue weighted by Crippen LogP contribution is 2.28. The van der Waals surface area contributed by atoms with Gasteiger partial charge in [0.25, 0.3) is 5.91 Å². The molecule has 114 valence electrons. The van der Waals surface area contributed by atoms with Gasteiger partial charge in [-0.1, -0.05) is 29.3 Å². The zero-order valence-corrected chi connectivity index (χ0v) is 13.2. The summed E-state index contributed by atoms with van der Waals surface area (Å²) in [6, 6.07) is 8.75. The number of nitrogens with zero attached hydrogens (tertiary/aromatic N) is 3. The van der Waals surface area contributed by atoms with Crippen LogP contribution in [0.4, 0.5) is 5.69 Å². The molecule has 0 bridgehead atoms. The van der Waals surface area contributed by atoms with E-state index in [1.807, 2.05) is 6.07 Å². The van der Waals surface area contributed by atoms with Crippen molar-refractivity contribution in [1.82, 2.24) is 15.0 Å². The zero-order chi connectivity index (χ0) is 16.2. The van der Waals surface area contributed by atoms with Crippen LogP contribution in [0, 0.1) is 0 Å². The van der Waals surface area contributed by atoms with Crippen LogP contribution in [0.5, 0.6) is 0 Å². The maximum Gasteiger partial charge on any atom is 0.274 e. The van der Waals surface area contributed by atoms with Crippen molar-refractivity contribution in [3.05, 3.63) is 71.0 Å². The molecule has 5 nitrogen and oxygen atoms in total. The van der Waals surface area contributed by atoms with Crippen LogP contribution in [0.15, 0.2) is 55.2 Å². The van der Waals surface area contributed by atoms with Crippen LogP contribution in [-0.2, 0) is 0 Å². The highest BCUT2D eigenvalue weighted by Gasteiger charge is 2.10. The van der Waals surface area contributed by atoms with Gasteiger partial charge < -0.3 is 5.32 Å². The predicted octanol–water partition coefficient (Wildman–Crippen LogP) is 4.10. The van der Waals surface area contributed by atoms with Crippen molar-refractivity contribution in [2.45, 2.75) is 0 Å². The highest BCUT2D eigenvalue weighted by molar-refractivity contribution is 6.42. The van der Waals surface area contributed by atoms with Crippen LogP contribution < -0.4 is 5.32 Å². The monoisotopic (exact) mass is 344 g/mol. The first-order valence-electron chi connectivity index (χ1n) is 6.61. The number of benzene rings is 1. The van der Waals surface area contributed by atoms with Crippen molar-refractivity contribution >= 4 is 34.8 Å². The van der Waals surface area contributed by atoms with Crippen LogP contribution in [0.2, 0.25) is 10.0 Å². The van der Waals surface area contributed by atoms with Gasteiger partial charge in [-0.25, -0.2) is 9.97 Å². The number of pyridine rings is 1. The fourth-order valence-electron chi connectivity index (χ4n) is 1.97. The number of aromatic nitrogens is 3. The normalized spacial score (nSPS) is 10.3. The van der Waals surface area contributed by atoms with Gasteiger partial charge in [-0.2, -0.15) is 0 Å². The highest BCUT2D eigenvalue weighted by atomic mass is 35.5. The Bertz CT molecular complexity index is 856. The molecule has 0 saturated carbocycles. The number of anilines is 1. The largest absolute Gasteiger partial charge is 0.318 e. The number of hydrogen-bond acceptors (Lipinski definition) is 4. The second-order valence-corrected chi connectivity index (χ2v) is 5.45. The smallest absolute Gasteiger partial charge is 0.274 e. The van der Waals surface area contributed by atoms with Crippen molar-refractivity contribution in [1.29, 1.82) is 0 Å². The Balaban J connectivity index is 1.87. The van der Waals surface area contributed by atoms with E-state index in [2.05, 4.69) is 20.3 Å². The first-order valence-corrected chi connectivity index (χ1v) is 7.37. The van der Waals surface area contributed by atoms with Gasteiger partial charge in [0.2, 0.25) is 0 Å². The van der Waals surface area contributed by atoms with Crippen LogP contribution in [0.3, 0.4) is 0 Å². The molecule has 2 aromatic heterocycles. The molecule has 2 heterocycles. The summed E-state index contributed by atoms with van der Waals surface area (Å²) in [5, 5.41) is 3.61. The third kappa shape index (κ3) is 3.64. The fourth-order valence-corrected chi connectivity index (χ4v) is 2.27. The van der Waals surface area contributed by atoms with Gasteiger partial charge >= 0.3 is 0 Å². The third-order valence-corrected chi connectivity index (χ3v) is 3.80. The Morgan fingerprint density at radius 1 is 0.957 bits per heavy atom. The molecule has 3 aromatic rings. The number of rotatable bonds is 3. The van der Waals surface area contributed by atoms with Crippen LogP contribution in [0.1, 0.15) is 10.5 Å². The average molecular weight is 345 g/mol. The van der Waals surface area contributed by atoms with Gasteiger partial charge in [-0.05, 0) is 35.4 Å². The minimum absolute atomic E-state index is 0.275. The van der Waals surface area contributed by atoms with Gasteiger partial charge in [-0.3, -0.25) is 9.78 Å². The first-order chi connectivity index (χ1) is 11.1. The van der Waals surface area contributed by atoms with E-state index in [1.165, 1.54) is 18.7 Å². The quantitative estimate of drug-likeness (QED) is 0.776. The minimum Gasteiger partial charge on any atom is -0.318 e. The summed E-state index contributed by atoms with van der Waals surface area (Å²) < 4.78 is 0. The van der Waals surface area contributed by atoms with Gasteiger partial charge in [-0.15, -0.1) is 0 Å². The van der Waals surface area contributed by atoms with Gasteiger partial charge in [0.05, 0.1) is 28.1 Å². The number of halogens is 2. The molecular formula is C16H10Cl2N4O. The molecule has 3 rings (SSSR count). The molecule has 1 aromatic carbocycles. The molecule has 1 amide bonds. The molecule has 0 fully saturated rings. The lowest BCUT2D eigenvalue weighted by Gasteiger charge is -2.07. The van der Waals surface area contributed by atoms with E-state index in [4.69, 9.17) is 23.2 Å². The zero-order valence-electron chi connectivity index (χ0n) is 11.7. The maximum absolute atomic E-state index is 12.2. The van der Waals surface area contributed by atoms with Crippen molar-refractivity contribution in [3.8, 4) is 11.1 Å². The lowest BCUT2D eigenvalue weighted by Crippen LogP contribution is -2.13. The summed E-state index contributed by atoms with van der Waals surface area (Å²) in [4.78, 5) is 24.0. The average Bonchev–Trinajstić information content (AvgIpc) is 2.58. The predicted molar refractivity (Wildman–Crippen MR) is 89.7 cm³/mol. The number of carbonyl (C=O) groups excluding carboxylic acids is 1. The SMILES string of the molecule is O=C(Nc1cncnc1)c1cc(-c2ccc(Cl)c(Cl)c2)ccn1. The van der Waals surface area contributed by atoms with E-state index in [1.54, 1.807) is 30.5 Å². The van der Waals surface area contributed by atoms with Gasteiger partial charge in [0.1, 0.15) is 12.0 Å². The van der Waals surface area contributed by atoms with Crippen molar-refractivity contribution in [2.75, 3.05) is 5.32 Å². The van der Waals surface area contributed by atoms with E-state index < -0.39 is 0 Å². The Morgan fingerprint density at radius 3 is 2.43 bits per heavy atom. The molecule has 0 unspecified atom stereocenters. The Morgan fingerprint density at radius 2 is 1.70 bits per heavy atom. The topological polar surface area (TPSA) is 67.8 Å². The van der Waals surface area contributed by atoms with E-state index in [0.717, 1.165) is 11.1 Å². The summed E-state index contributed by atoms with van der Waals surface area (Å²) in [6.45, 7) is 0. The Hall–Kier alpha value is -2.50. The Labute approximate surface area is 142 Å². The molecule has 23 heavy (non-hydrogen) atoms. The summed E-state index contributed by atoms with van der Waals surface area (Å²) >= 11 is 12.0. The third-order valence-electron chi connectivity index (χ3n) is 3.06. The number of nitrogens with one attached hydrogen (secondary N) is 1. The summed E-state index contributed by atoms with van der Waals surface area (Å²) in [6.07, 6.45) is 5.97. The van der Waals surface area contributed by atoms with E-state index >= 15 is 0 Å². The molecule has 0 spiro atoms. The second kappa shape index (κ2) is 6.73. The fraction of sp³-hybridized carbons (Fsp3) is 0. The molecule has 0 atom stereocenters. The van der Waals surface area contributed by atoms with E-state index in [0.29, 0.717) is 15.7 Å². The number of amides is 1. The molecule has 0 saturated heterocycles. The van der Waals surface area contributed by atoms with Gasteiger partial charge in [0, 0.05) is 6.20 Å². The number of carbonyl (C=O) groups is 1. The molecular weight excluding hydrogens is 335 g/mol. The molecule has 7 heteroatoms. The summed E-state index contributed by atoms with van der Waals surface area (Å²) in [5.41, 5.74) is 2.43. The molecule has 0 aliphatic heterocycles. The number of hydrogen-bond donors (Lipinski definition) is 1. The van der Waals surface area contributed by atoms with E-state index in [-0.39, 0.29) is 11.6 Å². The Kier molecular flexibility index (Phi) is 4.50. The molecule has 0 aliphatic carbocycles. The van der Waals surface area contributed by atoms with Crippen molar-refractivity contribution in [3.63, 3.8) is 0 Å². The standard InChI is InChI=1S/C16H10Cl2N4O/c17-13-2-1-10(5-14(13)18)11-3-4-21-15(6-11)16(23)22-12-7-19-9-20-8-12/h1-9H,(H,22,23). The van der Waals surface area contributed by atoms with Crippen molar-refractivity contribution in [2.24, 2.45) is 0 Å².